The molecule has 2 atom stereocenters. The molecule has 0 amide bonds. The average molecular weight is 147 g/mol. The maximum atomic E-state index is 10.2. The minimum absolute atomic E-state index is 0.137. The monoisotopic (exact) mass is 147 g/mol. The third-order valence-corrected chi connectivity index (χ3v) is 1.33. The van der Waals surface area contributed by atoms with Crippen LogP contribution in [-0.2, 0) is 9.53 Å². The van der Waals surface area contributed by atoms with Gasteiger partial charge < -0.3 is 15.6 Å². The molecule has 0 spiro atoms. The van der Waals surface area contributed by atoms with Crippen LogP contribution in [0.15, 0.2) is 0 Å². The van der Waals surface area contributed by atoms with Crippen molar-refractivity contribution in [1.82, 2.24) is 0 Å². The lowest BCUT2D eigenvalue weighted by Crippen LogP contribution is -2.38. The molecule has 0 radical (unpaired) electrons. The van der Waals surface area contributed by atoms with Crippen LogP contribution in [0.25, 0.3) is 0 Å². The molecule has 0 saturated heterocycles. The van der Waals surface area contributed by atoms with Gasteiger partial charge in [0.25, 0.3) is 0 Å². The molecule has 0 heterocycles. The van der Waals surface area contributed by atoms with Crippen LogP contribution in [0.5, 0.6) is 0 Å². The highest BCUT2D eigenvalue weighted by Gasteiger charge is 2.18. The molecule has 0 saturated carbocycles. The predicted octanol–water partition coefficient (Wildman–Crippen LogP) is -0.319. The predicted molar refractivity (Wildman–Crippen MR) is 36.7 cm³/mol. The third kappa shape index (κ3) is 2.80. The summed E-state index contributed by atoms with van der Waals surface area (Å²) in [5.41, 5.74) is 5.27. The number of carboxylic acid groups (broad SMARTS) is 1. The first kappa shape index (κ1) is 9.39. The molecule has 0 aliphatic heterocycles. The molecule has 0 unspecified atom stereocenters. The highest BCUT2D eigenvalue weighted by molar-refractivity contribution is 5.73. The third-order valence-electron chi connectivity index (χ3n) is 1.33. The Bertz CT molecular complexity index is 116. The van der Waals surface area contributed by atoms with Crippen molar-refractivity contribution in [2.24, 2.45) is 11.7 Å². The summed E-state index contributed by atoms with van der Waals surface area (Å²) in [7, 11) is 1.52. The van der Waals surface area contributed by atoms with Crippen LogP contribution in [-0.4, -0.2) is 30.8 Å². The fourth-order valence-corrected chi connectivity index (χ4v) is 0.610. The Morgan fingerprint density at radius 1 is 1.80 bits per heavy atom. The molecule has 0 fully saturated rings. The SMILES string of the molecule is COC[C@@H](C)[C@H](N)C(=O)O. The molecular formula is C6H13NO3. The van der Waals surface area contributed by atoms with Crippen molar-refractivity contribution in [3.8, 4) is 0 Å². The highest BCUT2D eigenvalue weighted by atomic mass is 16.5. The van der Waals surface area contributed by atoms with Crippen molar-refractivity contribution in [1.29, 1.82) is 0 Å². The van der Waals surface area contributed by atoms with E-state index in [0.29, 0.717) is 6.61 Å². The van der Waals surface area contributed by atoms with Crippen molar-refractivity contribution >= 4 is 5.97 Å². The second-order valence-corrected chi connectivity index (χ2v) is 2.30. The lowest BCUT2D eigenvalue weighted by Gasteiger charge is -2.13. The first-order chi connectivity index (χ1) is 4.59. The van der Waals surface area contributed by atoms with E-state index in [2.05, 4.69) is 0 Å². The van der Waals surface area contributed by atoms with Gasteiger partial charge in [0.1, 0.15) is 6.04 Å². The number of methoxy groups -OCH3 is 1. The van der Waals surface area contributed by atoms with E-state index in [4.69, 9.17) is 15.6 Å². The van der Waals surface area contributed by atoms with Crippen molar-refractivity contribution in [2.75, 3.05) is 13.7 Å². The van der Waals surface area contributed by atoms with E-state index in [1.807, 2.05) is 0 Å². The topological polar surface area (TPSA) is 72.5 Å². The van der Waals surface area contributed by atoms with Crippen molar-refractivity contribution < 1.29 is 14.6 Å². The number of hydrogen-bond acceptors (Lipinski definition) is 3. The van der Waals surface area contributed by atoms with Gasteiger partial charge in [-0.25, -0.2) is 0 Å². The number of aliphatic carboxylic acids is 1. The molecule has 0 aromatic carbocycles. The Morgan fingerprint density at radius 3 is 2.60 bits per heavy atom. The number of rotatable bonds is 4. The van der Waals surface area contributed by atoms with E-state index in [1.165, 1.54) is 7.11 Å². The summed E-state index contributed by atoms with van der Waals surface area (Å²) in [5, 5.41) is 8.40. The fraction of sp³-hybridized carbons (Fsp3) is 0.833. The van der Waals surface area contributed by atoms with Crippen molar-refractivity contribution in [2.45, 2.75) is 13.0 Å². The van der Waals surface area contributed by atoms with Crippen LogP contribution in [0.2, 0.25) is 0 Å². The number of carboxylic acids is 1. The molecule has 0 aliphatic carbocycles. The quantitative estimate of drug-likeness (QED) is 0.571. The minimum atomic E-state index is -0.982. The number of carbonyl (C=O) groups is 1. The second kappa shape index (κ2) is 4.24. The molecule has 0 aromatic heterocycles. The van der Waals surface area contributed by atoms with Crippen LogP contribution < -0.4 is 5.73 Å². The van der Waals surface area contributed by atoms with Gasteiger partial charge in [0.15, 0.2) is 0 Å². The maximum Gasteiger partial charge on any atom is 0.320 e. The average Bonchev–Trinajstić information content (AvgIpc) is 1.87. The van der Waals surface area contributed by atoms with Crippen LogP contribution in [0.4, 0.5) is 0 Å². The van der Waals surface area contributed by atoms with Gasteiger partial charge in [-0.1, -0.05) is 6.92 Å². The Balaban J connectivity index is 3.69. The summed E-state index contributed by atoms with van der Waals surface area (Å²) >= 11 is 0. The fourth-order valence-electron chi connectivity index (χ4n) is 0.610. The first-order valence-electron chi connectivity index (χ1n) is 3.07. The van der Waals surface area contributed by atoms with E-state index in [9.17, 15) is 4.79 Å². The van der Waals surface area contributed by atoms with Gasteiger partial charge in [-0.3, -0.25) is 4.79 Å². The van der Waals surface area contributed by atoms with Gasteiger partial charge in [0, 0.05) is 13.0 Å². The number of ether oxygens (including phenoxy) is 1. The van der Waals surface area contributed by atoms with Crippen molar-refractivity contribution in [3.63, 3.8) is 0 Å². The zero-order valence-corrected chi connectivity index (χ0v) is 6.20. The van der Waals surface area contributed by atoms with E-state index in [1.54, 1.807) is 6.92 Å². The zero-order valence-electron chi connectivity index (χ0n) is 6.20. The Hall–Kier alpha value is -0.610. The Morgan fingerprint density at radius 2 is 2.30 bits per heavy atom. The molecule has 0 bridgehead atoms. The largest absolute Gasteiger partial charge is 0.480 e. The summed E-state index contributed by atoms with van der Waals surface area (Å²) in [4.78, 5) is 10.2. The van der Waals surface area contributed by atoms with E-state index in [-0.39, 0.29) is 5.92 Å². The summed E-state index contributed by atoms with van der Waals surface area (Å²) in [5.74, 6) is -1.12. The highest BCUT2D eigenvalue weighted by Crippen LogP contribution is 1.99. The van der Waals surface area contributed by atoms with E-state index < -0.39 is 12.0 Å². The van der Waals surface area contributed by atoms with Crippen LogP contribution >= 0.6 is 0 Å². The summed E-state index contributed by atoms with van der Waals surface area (Å²) in [6.45, 7) is 2.12. The molecule has 4 nitrogen and oxygen atoms in total. The first-order valence-corrected chi connectivity index (χ1v) is 3.07. The van der Waals surface area contributed by atoms with Crippen LogP contribution in [0.1, 0.15) is 6.92 Å². The minimum Gasteiger partial charge on any atom is -0.480 e. The molecule has 0 aliphatic rings. The number of hydrogen-bond donors (Lipinski definition) is 2. The standard InChI is InChI=1S/C6H13NO3/c1-4(3-10-2)5(7)6(8)9/h4-5H,3,7H2,1-2H3,(H,8,9)/t4-,5+/m1/s1. The van der Waals surface area contributed by atoms with Gasteiger partial charge in [-0.05, 0) is 0 Å². The lowest BCUT2D eigenvalue weighted by molar-refractivity contribution is -0.140. The van der Waals surface area contributed by atoms with Crippen molar-refractivity contribution in [3.05, 3.63) is 0 Å². The molecule has 4 heteroatoms. The smallest absolute Gasteiger partial charge is 0.320 e. The van der Waals surface area contributed by atoms with Crippen LogP contribution in [0.3, 0.4) is 0 Å². The van der Waals surface area contributed by atoms with Gasteiger partial charge in [0.2, 0.25) is 0 Å². The summed E-state index contributed by atoms with van der Waals surface area (Å²) in [6.07, 6.45) is 0. The molecule has 60 valence electrons. The zero-order chi connectivity index (χ0) is 8.15. The normalized spacial score (nSPS) is 16.3. The Labute approximate surface area is 60.0 Å². The molecular weight excluding hydrogens is 134 g/mol. The van der Waals surface area contributed by atoms with E-state index >= 15 is 0 Å². The van der Waals surface area contributed by atoms with Gasteiger partial charge in [0.05, 0.1) is 6.61 Å². The Kier molecular flexibility index (Phi) is 3.99. The van der Waals surface area contributed by atoms with Gasteiger partial charge in [-0.2, -0.15) is 0 Å². The molecule has 0 aromatic rings. The summed E-state index contributed by atoms with van der Waals surface area (Å²) in [6, 6.07) is -0.819. The maximum absolute atomic E-state index is 10.2. The van der Waals surface area contributed by atoms with Gasteiger partial charge in [-0.15, -0.1) is 0 Å². The molecule has 0 rings (SSSR count). The second-order valence-electron chi connectivity index (χ2n) is 2.30. The molecule has 10 heavy (non-hydrogen) atoms. The van der Waals surface area contributed by atoms with E-state index in [0.717, 1.165) is 0 Å². The lowest BCUT2D eigenvalue weighted by atomic mass is 10.1. The summed E-state index contributed by atoms with van der Waals surface area (Å²) < 4.78 is 4.73. The molecule has 3 N–H and O–H groups in total. The van der Waals surface area contributed by atoms with Gasteiger partial charge >= 0.3 is 5.97 Å². The van der Waals surface area contributed by atoms with Crippen LogP contribution in [0, 0.1) is 5.92 Å². The number of nitrogens with two attached hydrogens (primary N) is 1.